The van der Waals surface area contributed by atoms with Gasteiger partial charge in [-0.15, -0.1) is 0 Å². The van der Waals surface area contributed by atoms with E-state index in [1.165, 1.54) is 0 Å². The van der Waals surface area contributed by atoms with Gasteiger partial charge in [0.2, 0.25) is 0 Å². The van der Waals surface area contributed by atoms with Crippen molar-refractivity contribution in [2.24, 2.45) is 0 Å². The topological polar surface area (TPSA) is 17.1 Å². The van der Waals surface area contributed by atoms with Crippen LogP contribution in [0.3, 0.4) is 0 Å². The lowest BCUT2D eigenvalue weighted by molar-refractivity contribution is 0.103. The van der Waals surface area contributed by atoms with Gasteiger partial charge >= 0.3 is 0 Å². The van der Waals surface area contributed by atoms with Crippen LogP contribution in [0, 0.1) is 0 Å². The first-order valence-corrected chi connectivity index (χ1v) is 7.69. The van der Waals surface area contributed by atoms with E-state index in [-0.39, 0.29) is 5.78 Å². The molecule has 1 heteroatoms. The second-order valence-corrected chi connectivity index (χ2v) is 5.43. The first-order chi connectivity index (χ1) is 11.3. The molecule has 0 heterocycles. The quantitative estimate of drug-likeness (QED) is 0.466. The molecule has 0 saturated heterocycles. The molecule has 0 radical (unpaired) electrons. The van der Waals surface area contributed by atoms with Crippen LogP contribution in [-0.4, -0.2) is 5.78 Å². The minimum absolute atomic E-state index is 0.0632. The van der Waals surface area contributed by atoms with Crippen molar-refractivity contribution in [1.82, 2.24) is 0 Å². The summed E-state index contributed by atoms with van der Waals surface area (Å²) in [6, 6.07) is 29.6. The zero-order valence-corrected chi connectivity index (χ0v) is 13.1. The average Bonchev–Trinajstić information content (AvgIpc) is 2.64. The maximum atomic E-state index is 12.9. The maximum absolute atomic E-state index is 12.9. The third-order valence-corrected chi connectivity index (χ3v) is 3.88. The lowest BCUT2D eigenvalue weighted by atomic mass is 9.90. The van der Waals surface area contributed by atoms with E-state index in [2.05, 4.69) is 0 Å². The van der Waals surface area contributed by atoms with Gasteiger partial charge in [-0.3, -0.25) is 4.79 Å². The fourth-order valence-corrected chi connectivity index (χ4v) is 2.73. The van der Waals surface area contributed by atoms with Gasteiger partial charge in [-0.1, -0.05) is 91.0 Å². The number of hydrogen-bond acceptors (Lipinski definition) is 1. The molecule has 1 nitrogen and oxygen atoms in total. The monoisotopic (exact) mass is 298 g/mol. The molecule has 0 spiro atoms. The van der Waals surface area contributed by atoms with Crippen LogP contribution in [0.1, 0.15) is 28.4 Å². The molecule has 0 bridgehead atoms. The Morgan fingerprint density at radius 2 is 0.913 bits per heavy atom. The van der Waals surface area contributed by atoms with Gasteiger partial charge in [0.05, 0.1) is 0 Å². The summed E-state index contributed by atoms with van der Waals surface area (Å²) >= 11 is 0. The minimum atomic E-state index is 0.0632. The predicted molar refractivity (Wildman–Crippen MR) is 95.4 cm³/mol. The highest BCUT2D eigenvalue weighted by molar-refractivity contribution is 6.14. The molecule has 0 aliphatic carbocycles. The maximum Gasteiger partial charge on any atom is 0.189 e. The number of carbonyl (C=O) groups excluding carboxylic acids is 1. The van der Waals surface area contributed by atoms with Crippen LogP contribution in [-0.2, 0) is 0 Å². The molecule has 0 aliphatic rings. The van der Waals surface area contributed by atoms with Crippen LogP contribution < -0.4 is 0 Å². The van der Waals surface area contributed by atoms with E-state index in [1.807, 2.05) is 97.9 Å². The Morgan fingerprint density at radius 1 is 0.565 bits per heavy atom. The number of carbonyl (C=O) groups is 1. The number of rotatable bonds is 4. The Morgan fingerprint density at radius 3 is 1.30 bits per heavy atom. The van der Waals surface area contributed by atoms with Gasteiger partial charge in [-0.2, -0.15) is 0 Å². The van der Waals surface area contributed by atoms with E-state index in [9.17, 15) is 4.79 Å². The normalized spacial score (nSPS) is 10.1. The molecule has 0 aromatic heterocycles. The molecule has 0 fully saturated rings. The van der Waals surface area contributed by atoms with Crippen LogP contribution in [0.5, 0.6) is 0 Å². The first kappa shape index (κ1) is 15.0. The van der Waals surface area contributed by atoms with Crippen molar-refractivity contribution in [2.45, 2.75) is 6.92 Å². The van der Waals surface area contributed by atoms with Gasteiger partial charge < -0.3 is 0 Å². The highest BCUT2D eigenvalue weighted by Crippen LogP contribution is 2.28. The van der Waals surface area contributed by atoms with Gasteiger partial charge in [-0.05, 0) is 23.6 Å². The summed E-state index contributed by atoms with van der Waals surface area (Å²) in [5, 5.41) is 0. The van der Waals surface area contributed by atoms with Gasteiger partial charge in [0.25, 0.3) is 0 Å². The molecule has 0 saturated carbocycles. The summed E-state index contributed by atoms with van der Waals surface area (Å²) < 4.78 is 0. The number of ketones is 1. The Labute approximate surface area is 136 Å². The summed E-state index contributed by atoms with van der Waals surface area (Å²) in [5.74, 6) is 0.0632. The largest absolute Gasteiger partial charge is 0.289 e. The highest BCUT2D eigenvalue weighted by atomic mass is 16.1. The molecule has 23 heavy (non-hydrogen) atoms. The van der Waals surface area contributed by atoms with E-state index in [0.29, 0.717) is 0 Å². The molecular weight excluding hydrogens is 280 g/mol. The number of allylic oxidation sites excluding steroid dienone is 1. The van der Waals surface area contributed by atoms with E-state index < -0.39 is 0 Å². The average molecular weight is 298 g/mol. The first-order valence-electron chi connectivity index (χ1n) is 7.69. The van der Waals surface area contributed by atoms with Crippen molar-refractivity contribution in [3.05, 3.63) is 113 Å². The summed E-state index contributed by atoms with van der Waals surface area (Å²) in [6.45, 7) is 1.91. The Balaban J connectivity index is 2.16. The van der Waals surface area contributed by atoms with Crippen molar-refractivity contribution in [3.63, 3.8) is 0 Å². The van der Waals surface area contributed by atoms with Crippen LogP contribution in [0.25, 0.3) is 5.57 Å². The Hall–Kier alpha value is -2.93. The van der Waals surface area contributed by atoms with E-state index in [1.54, 1.807) is 0 Å². The molecule has 112 valence electrons. The van der Waals surface area contributed by atoms with Gasteiger partial charge in [-0.25, -0.2) is 0 Å². The van der Waals surface area contributed by atoms with Crippen molar-refractivity contribution < 1.29 is 4.79 Å². The second kappa shape index (κ2) is 6.89. The smallest absolute Gasteiger partial charge is 0.189 e. The predicted octanol–water partition coefficient (Wildman–Crippen LogP) is 5.39. The fourth-order valence-electron chi connectivity index (χ4n) is 2.73. The van der Waals surface area contributed by atoms with E-state index >= 15 is 0 Å². The number of hydrogen-bond donors (Lipinski definition) is 0. The summed E-state index contributed by atoms with van der Waals surface area (Å²) in [5.41, 5.74) is 4.57. The number of Topliss-reactive ketones (excluding diaryl/α,β-unsaturated/α-hetero) is 1. The summed E-state index contributed by atoms with van der Waals surface area (Å²) in [7, 11) is 0. The van der Waals surface area contributed by atoms with Crippen molar-refractivity contribution in [1.29, 1.82) is 0 Å². The molecule has 3 aromatic carbocycles. The van der Waals surface area contributed by atoms with Crippen LogP contribution in [0.4, 0.5) is 0 Å². The Kier molecular flexibility index (Phi) is 4.49. The minimum Gasteiger partial charge on any atom is -0.289 e. The molecule has 0 amide bonds. The van der Waals surface area contributed by atoms with Gasteiger partial charge in [0.1, 0.15) is 0 Å². The molecule has 3 aromatic rings. The van der Waals surface area contributed by atoms with Crippen molar-refractivity contribution in [2.75, 3.05) is 0 Å². The van der Waals surface area contributed by atoms with Crippen LogP contribution >= 0.6 is 0 Å². The molecule has 0 unspecified atom stereocenters. The zero-order chi connectivity index (χ0) is 16.1. The lowest BCUT2D eigenvalue weighted by Gasteiger charge is -2.13. The van der Waals surface area contributed by atoms with E-state index in [4.69, 9.17) is 0 Å². The second-order valence-electron chi connectivity index (χ2n) is 5.43. The molecule has 0 atom stereocenters. The van der Waals surface area contributed by atoms with Crippen molar-refractivity contribution in [3.8, 4) is 0 Å². The third kappa shape index (κ3) is 3.29. The highest BCUT2D eigenvalue weighted by Gasteiger charge is 2.15. The third-order valence-electron chi connectivity index (χ3n) is 3.88. The molecular formula is C22H18O. The van der Waals surface area contributed by atoms with Crippen molar-refractivity contribution >= 4 is 11.4 Å². The molecule has 0 N–H and O–H groups in total. The van der Waals surface area contributed by atoms with Crippen LogP contribution in [0.15, 0.2) is 96.6 Å². The van der Waals surface area contributed by atoms with E-state index in [0.717, 1.165) is 27.8 Å². The summed E-state index contributed by atoms with van der Waals surface area (Å²) in [6.07, 6.45) is 0. The zero-order valence-electron chi connectivity index (χ0n) is 13.1. The lowest BCUT2D eigenvalue weighted by Crippen LogP contribution is -2.04. The summed E-state index contributed by atoms with van der Waals surface area (Å²) in [4.78, 5) is 12.9. The van der Waals surface area contributed by atoms with Crippen LogP contribution in [0.2, 0.25) is 0 Å². The Bertz CT molecular complexity index is 774. The molecule has 3 rings (SSSR count). The number of benzene rings is 3. The van der Waals surface area contributed by atoms with Gasteiger partial charge in [0.15, 0.2) is 5.78 Å². The SMILES string of the molecule is CC(C(=O)c1ccccc1)=C(c1ccccc1)c1ccccc1. The molecule has 0 aliphatic heterocycles. The fraction of sp³-hybridized carbons (Fsp3) is 0.0455. The standard InChI is InChI=1S/C22H18O/c1-17(22(23)20-15-9-4-10-16-20)21(18-11-5-2-6-12-18)19-13-7-3-8-14-19/h2-16H,1H3. The van der Waals surface area contributed by atoms with Gasteiger partial charge in [0, 0.05) is 11.1 Å².